The van der Waals surface area contributed by atoms with E-state index in [1.165, 1.54) is 11.1 Å². The van der Waals surface area contributed by atoms with Crippen molar-refractivity contribution in [1.82, 2.24) is 4.90 Å². The van der Waals surface area contributed by atoms with E-state index < -0.39 is 0 Å². The average Bonchev–Trinajstić information content (AvgIpc) is 2.48. The SMILES string of the molecule is CCOC(=O)[C@@H]1CCCN(C/C(C)=C/c2ccccc2)C1. The second-order valence-electron chi connectivity index (χ2n) is 5.73. The minimum atomic E-state index is -0.0353. The fourth-order valence-corrected chi connectivity index (χ4v) is 2.88. The molecule has 114 valence electrons. The van der Waals surface area contributed by atoms with Crippen LogP contribution < -0.4 is 0 Å². The largest absolute Gasteiger partial charge is 0.466 e. The zero-order valence-corrected chi connectivity index (χ0v) is 13.0. The lowest BCUT2D eigenvalue weighted by Gasteiger charge is -2.31. The van der Waals surface area contributed by atoms with Gasteiger partial charge in [0.25, 0.3) is 0 Å². The zero-order chi connectivity index (χ0) is 15.1. The van der Waals surface area contributed by atoms with Crippen LogP contribution >= 0.6 is 0 Å². The van der Waals surface area contributed by atoms with Crippen LogP contribution in [0.5, 0.6) is 0 Å². The molecule has 1 aliphatic rings. The summed E-state index contributed by atoms with van der Waals surface area (Å²) in [4.78, 5) is 14.2. The first-order valence-corrected chi connectivity index (χ1v) is 7.80. The quantitative estimate of drug-likeness (QED) is 0.778. The molecule has 0 bridgehead atoms. The minimum absolute atomic E-state index is 0.0353. The van der Waals surface area contributed by atoms with Gasteiger partial charge in [0.1, 0.15) is 0 Å². The molecule has 1 aliphatic heterocycles. The number of ether oxygens (including phenoxy) is 1. The van der Waals surface area contributed by atoms with Crippen LogP contribution in [-0.2, 0) is 9.53 Å². The van der Waals surface area contributed by atoms with Gasteiger partial charge in [0.15, 0.2) is 0 Å². The van der Waals surface area contributed by atoms with Crippen LogP contribution in [0.2, 0.25) is 0 Å². The molecule has 0 aliphatic carbocycles. The highest BCUT2D eigenvalue weighted by molar-refractivity contribution is 5.72. The first-order valence-electron chi connectivity index (χ1n) is 7.80. The number of esters is 1. The Morgan fingerprint density at radius 3 is 2.86 bits per heavy atom. The van der Waals surface area contributed by atoms with Gasteiger partial charge >= 0.3 is 5.97 Å². The molecule has 0 unspecified atom stereocenters. The minimum Gasteiger partial charge on any atom is -0.466 e. The first kappa shape index (κ1) is 15.8. The number of carbonyl (C=O) groups is 1. The number of hydrogen-bond acceptors (Lipinski definition) is 3. The molecule has 0 aromatic heterocycles. The van der Waals surface area contributed by atoms with Crippen LogP contribution in [0.1, 0.15) is 32.3 Å². The van der Waals surface area contributed by atoms with E-state index in [-0.39, 0.29) is 11.9 Å². The van der Waals surface area contributed by atoms with Crippen LogP contribution in [0, 0.1) is 5.92 Å². The second kappa shape index (κ2) is 7.99. The van der Waals surface area contributed by atoms with Crippen LogP contribution in [0.15, 0.2) is 35.9 Å². The number of piperidine rings is 1. The van der Waals surface area contributed by atoms with E-state index in [9.17, 15) is 4.79 Å². The van der Waals surface area contributed by atoms with Crippen LogP contribution in [0.3, 0.4) is 0 Å². The highest BCUT2D eigenvalue weighted by atomic mass is 16.5. The van der Waals surface area contributed by atoms with E-state index in [1.54, 1.807) is 0 Å². The standard InChI is InChI=1S/C18H25NO2/c1-3-21-18(20)17-10-7-11-19(14-17)13-15(2)12-16-8-5-4-6-9-16/h4-6,8-9,12,17H,3,7,10-11,13-14H2,1-2H3/b15-12+/t17-/m1/s1. The summed E-state index contributed by atoms with van der Waals surface area (Å²) < 4.78 is 5.15. The van der Waals surface area contributed by atoms with E-state index in [0.717, 1.165) is 32.5 Å². The molecule has 1 aromatic rings. The molecule has 3 nitrogen and oxygen atoms in total. The van der Waals surface area contributed by atoms with Crippen molar-refractivity contribution in [2.75, 3.05) is 26.2 Å². The van der Waals surface area contributed by atoms with Crippen LogP contribution in [0.25, 0.3) is 6.08 Å². The maximum atomic E-state index is 11.9. The van der Waals surface area contributed by atoms with Crippen molar-refractivity contribution < 1.29 is 9.53 Å². The summed E-state index contributed by atoms with van der Waals surface area (Å²) >= 11 is 0. The molecule has 0 N–H and O–H groups in total. The molecule has 0 saturated carbocycles. The number of hydrogen-bond donors (Lipinski definition) is 0. The van der Waals surface area contributed by atoms with Crippen molar-refractivity contribution >= 4 is 12.0 Å². The molecule has 0 spiro atoms. The number of nitrogens with zero attached hydrogens (tertiary/aromatic N) is 1. The fourth-order valence-electron chi connectivity index (χ4n) is 2.88. The summed E-state index contributed by atoms with van der Waals surface area (Å²) in [7, 11) is 0. The van der Waals surface area contributed by atoms with Gasteiger partial charge in [-0.3, -0.25) is 9.69 Å². The Morgan fingerprint density at radius 2 is 2.14 bits per heavy atom. The number of benzene rings is 1. The first-order chi connectivity index (χ1) is 10.2. The van der Waals surface area contributed by atoms with Crippen molar-refractivity contribution in [3.63, 3.8) is 0 Å². The van der Waals surface area contributed by atoms with E-state index in [2.05, 4.69) is 42.2 Å². The maximum Gasteiger partial charge on any atom is 0.310 e. The van der Waals surface area contributed by atoms with Gasteiger partial charge in [-0.05, 0) is 38.8 Å². The molecule has 1 atom stereocenters. The molecule has 1 aromatic carbocycles. The predicted molar refractivity (Wildman–Crippen MR) is 85.9 cm³/mol. The topological polar surface area (TPSA) is 29.5 Å². The van der Waals surface area contributed by atoms with Gasteiger partial charge in [0, 0.05) is 13.1 Å². The Kier molecular flexibility index (Phi) is 6.00. The second-order valence-corrected chi connectivity index (χ2v) is 5.73. The van der Waals surface area contributed by atoms with Gasteiger partial charge in [-0.15, -0.1) is 0 Å². The van der Waals surface area contributed by atoms with E-state index in [1.807, 2.05) is 13.0 Å². The van der Waals surface area contributed by atoms with Crippen molar-refractivity contribution in [3.05, 3.63) is 41.5 Å². The average molecular weight is 287 g/mol. The summed E-state index contributed by atoms with van der Waals surface area (Å²) in [6.07, 6.45) is 4.24. The Bertz CT molecular complexity index is 481. The predicted octanol–water partition coefficient (Wildman–Crippen LogP) is 3.37. The smallest absolute Gasteiger partial charge is 0.310 e. The van der Waals surface area contributed by atoms with Crippen molar-refractivity contribution in [2.24, 2.45) is 5.92 Å². The van der Waals surface area contributed by atoms with E-state index in [4.69, 9.17) is 4.74 Å². The molecular weight excluding hydrogens is 262 g/mol. The number of rotatable bonds is 5. The molecule has 1 saturated heterocycles. The lowest BCUT2D eigenvalue weighted by atomic mass is 9.97. The summed E-state index contributed by atoms with van der Waals surface area (Å²) in [5, 5.41) is 0. The summed E-state index contributed by atoms with van der Waals surface area (Å²) in [5.74, 6) is 0.00937. The molecule has 1 heterocycles. The third kappa shape index (κ3) is 5.01. The fraction of sp³-hybridized carbons (Fsp3) is 0.500. The Morgan fingerprint density at radius 1 is 1.38 bits per heavy atom. The van der Waals surface area contributed by atoms with Gasteiger partial charge in [0.2, 0.25) is 0 Å². The summed E-state index contributed by atoms with van der Waals surface area (Å²) in [5.41, 5.74) is 2.56. The van der Waals surface area contributed by atoms with Crippen molar-refractivity contribution in [1.29, 1.82) is 0 Å². The molecule has 0 amide bonds. The Labute approximate surface area is 127 Å². The van der Waals surface area contributed by atoms with E-state index in [0.29, 0.717) is 6.61 Å². The number of carbonyl (C=O) groups excluding carboxylic acids is 1. The third-order valence-electron chi connectivity index (χ3n) is 3.81. The third-order valence-corrected chi connectivity index (χ3v) is 3.81. The Hall–Kier alpha value is -1.61. The Balaban J connectivity index is 1.90. The van der Waals surface area contributed by atoms with Crippen LogP contribution in [0.4, 0.5) is 0 Å². The molecule has 0 radical (unpaired) electrons. The van der Waals surface area contributed by atoms with Gasteiger partial charge in [0.05, 0.1) is 12.5 Å². The number of likely N-dealkylation sites (tertiary alicyclic amines) is 1. The summed E-state index contributed by atoms with van der Waals surface area (Å²) in [6, 6.07) is 10.4. The van der Waals surface area contributed by atoms with Crippen molar-refractivity contribution in [3.8, 4) is 0 Å². The van der Waals surface area contributed by atoms with Crippen LogP contribution in [-0.4, -0.2) is 37.1 Å². The highest BCUT2D eigenvalue weighted by Crippen LogP contribution is 2.19. The monoisotopic (exact) mass is 287 g/mol. The normalized spacial score (nSPS) is 20.3. The zero-order valence-electron chi connectivity index (χ0n) is 13.0. The summed E-state index contributed by atoms with van der Waals surface area (Å²) in [6.45, 7) is 7.30. The van der Waals surface area contributed by atoms with Crippen molar-refractivity contribution in [2.45, 2.75) is 26.7 Å². The molecule has 3 heteroatoms. The van der Waals surface area contributed by atoms with Gasteiger partial charge in [-0.25, -0.2) is 0 Å². The highest BCUT2D eigenvalue weighted by Gasteiger charge is 2.26. The lowest BCUT2D eigenvalue weighted by Crippen LogP contribution is -2.40. The van der Waals surface area contributed by atoms with E-state index >= 15 is 0 Å². The molecule has 1 fully saturated rings. The van der Waals surface area contributed by atoms with Gasteiger partial charge < -0.3 is 4.74 Å². The lowest BCUT2D eigenvalue weighted by molar-refractivity contribution is -0.149. The van der Waals surface area contributed by atoms with Gasteiger partial charge in [-0.2, -0.15) is 0 Å². The van der Waals surface area contributed by atoms with Gasteiger partial charge in [-0.1, -0.05) is 42.0 Å². The molecular formula is C18H25NO2. The molecule has 2 rings (SSSR count). The maximum absolute atomic E-state index is 11.9. The molecule has 21 heavy (non-hydrogen) atoms.